The summed E-state index contributed by atoms with van der Waals surface area (Å²) in [7, 11) is -3.59. The Balaban J connectivity index is 1.53. The molecule has 0 spiro atoms. The second-order valence-electron chi connectivity index (χ2n) is 6.40. The fourth-order valence-corrected chi connectivity index (χ4v) is 4.17. The molecule has 0 saturated carbocycles. The van der Waals surface area contributed by atoms with Crippen LogP contribution in [0.2, 0.25) is 5.02 Å². The highest BCUT2D eigenvalue weighted by Crippen LogP contribution is 2.21. The van der Waals surface area contributed by atoms with Gasteiger partial charge in [-0.05, 0) is 36.8 Å². The van der Waals surface area contributed by atoms with E-state index in [4.69, 9.17) is 11.6 Å². The highest BCUT2D eigenvalue weighted by atomic mass is 35.5. The van der Waals surface area contributed by atoms with E-state index in [0.29, 0.717) is 23.5 Å². The minimum absolute atomic E-state index is 0.101. The van der Waals surface area contributed by atoms with E-state index in [0.717, 1.165) is 10.9 Å². The van der Waals surface area contributed by atoms with Crippen LogP contribution >= 0.6 is 11.6 Å². The minimum atomic E-state index is -3.59. The second-order valence-corrected chi connectivity index (χ2v) is 8.58. The summed E-state index contributed by atoms with van der Waals surface area (Å²) in [6, 6.07) is 14.6. The number of benzene rings is 2. The van der Waals surface area contributed by atoms with Crippen LogP contribution in [0.3, 0.4) is 0 Å². The van der Waals surface area contributed by atoms with Crippen molar-refractivity contribution in [2.24, 2.45) is 0 Å². The number of pyridine rings is 1. The summed E-state index contributed by atoms with van der Waals surface area (Å²) in [5, 5.41) is 5.44. The van der Waals surface area contributed by atoms with Crippen molar-refractivity contribution in [3.8, 4) is 0 Å². The summed E-state index contributed by atoms with van der Waals surface area (Å²) in [5.74, 6) is 0. The number of sulfonamides is 1. The maximum atomic E-state index is 12.6. The molecule has 0 bridgehead atoms. The average molecular weight is 416 g/mol. The third kappa shape index (κ3) is 5.39. The normalized spacial score (nSPS) is 13.2. The molecule has 1 unspecified atom stereocenters. The minimum Gasteiger partial charge on any atom is -0.309 e. The number of nitrogens with one attached hydrogen (secondary N) is 2. The molecule has 0 aliphatic heterocycles. The Bertz CT molecular complexity index is 1060. The van der Waals surface area contributed by atoms with E-state index < -0.39 is 10.0 Å². The second kappa shape index (κ2) is 9.30. The topological polar surface area (TPSA) is 71.1 Å². The first kappa shape index (κ1) is 20.5. The van der Waals surface area contributed by atoms with Crippen molar-refractivity contribution in [1.29, 1.82) is 0 Å². The lowest BCUT2D eigenvalue weighted by atomic mass is 10.2. The Kier molecular flexibility index (Phi) is 6.80. The molecule has 146 valence electrons. The Hall–Kier alpha value is -2.25. The van der Waals surface area contributed by atoms with Gasteiger partial charge in [-0.2, -0.15) is 0 Å². The van der Waals surface area contributed by atoms with Crippen molar-refractivity contribution in [3.05, 3.63) is 77.6 Å². The van der Waals surface area contributed by atoms with Gasteiger partial charge >= 0.3 is 0 Å². The van der Waals surface area contributed by atoms with E-state index in [1.54, 1.807) is 30.6 Å². The van der Waals surface area contributed by atoms with E-state index in [9.17, 15) is 8.42 Å². The molecule has 0 fully saturated rings. The molecular weight excluding hydrogens is 394 g/mol. The molecule has 1 heterocycles. The maximum absolute atomic E-state index is 12.6. The summed E-state index contributed by atoms with van der Waals surface area (Å²) in [6.07, 6.45) is 7.28. The monoisotopic (exact) mass is 415 g/mol. The van der Waals surface area contributed by atoms with E-state index in [2.05, 4.69) is 15.0 Å². The van der Waals surface area contributed by atoms with Gasteiger partial charge in [0.2, 0.25) is 10.0 Å². The van der Waals surface area contributed by atoms with Crippen LogP contribution in [0.15, 0.2) is 71.9 Å². The van der Waals surface area contributed by atoms with Crippen LogP contribution < -0.4 is 10.0 Å². The number of nitrogens with zero attached hydrogens (tertiary/aromatic N) is 1. The van der Waals surface area contributed by atoms with Gasteiger partial charge in [0.1, 0.15) is 0 Å². The van der Waals surface area contributed by atoms with Crippen LogP contribution in [0, 0.1) is 0 Å². The van der Waals surface area contributed by atoms with Crippen molar-refractivity contribution in [2.75, 3.05) is 13.1 Å². The SMILES string of the molecule is CC(/C=C/c1ccc(Cl)cc1)NCCNS(=O)(=O)c1cccc2cnccc12. The van der Waals surface area contributed by atoms with Crippen LogP contribution in [-0.2, 0) is 10.0 Å². The molecule has 2 aromatic carbocycles. The Morgan fingerprint density at radius 1 is 1.11 bits per heavy atom. The van der Waals surface area contributed by atoms with Gasteiger partial charge in [-0.25, -0.2) is 13.1 Å². The predicted octanol–water partition coefficient (Wildman–Crippen LogP) is 3.86. The van der Waals surface area contributed by atoms with Crippen LogP contribution in [0.25, 0.3) is 16.8 Å². The quantitative estimate of drug-likeness (QED) is 0.548. The molecule has 3 rings (SSSR count). The summed E-state index contributed by atoms with van der Waals surface area (Å²) in [4.78, 5) is 4.30. The van der Waals surface area contributed by atoms with E-state index in [1.807, 2.05) is 49.4 Å². The fraction of sp³-hybridized carbons (Fsp3) is 0.190. The van der Waals surface area contributed by atoms with Crippen LogP contribution in [-0.4, -0.2) is 32.5 Å². The van der Waals surface area contributed by atoms with Crippen molar-refractivity contribution in [2.45, 2.75) is 17.9 Å². The van der Waals surface area contributed by atoms with Gasteiger partial charge in [0.15, 0.2) is 0 Å². The van der Waals surface area contributed by atoms with E-state index in [1.165, 1.54) is 0 Å². The molecule has 1 atom stereocenters. The van der Waals surface area contributed by atoms with Crippen molar-refractivity contribution in [3.63, 3.8) is 0 Å². The molecule has 0 aliphatic carbocycles. The smallest absolute Gasteiger partial charge is 0.241 e. The highest BCUT2D eigenvalue weighted by Gasteiger charge is 2.16. The Labute approximate surface area is 170 Å². The van der Waals surface area contributed by atoms with Gasteiger partial charge < -0.3 is 5.32 Å². The maximum Gasteiger partial charge on any atom is 0.241 e. The van der Waals surface area contributed by atoms with Gasteiger partial charge in [-0.3, -0.25) is 4.98 Å². The van der Waals surface area contributed by atoms with Crippen LogP contribution in [0.4, 0.5) is 0 Å². The van der Waals surface area contributed by atoms with Crippen LogP contribution in [0.5, 0.6) is 0 Å². The lowest BCUT2D eigenvalue weighted by Gasteiger charge is -2.12. The van der Waals surface area contributed by atoms with Gasteiger partial charge in [0.05, 0.1) is 4.90 Å². The zero-order valence-corrected chi connectivity index (χ0v) is 17.0. The lowest BCUT2D eigenvalue weighted by Crippen LogP contribution is -2.35. The molecular formula is C21H22ClN3O2S. The molecule has 0 radical (unpaired) electrons. The van der Waals surface area contributed by atoms with Gasteiger partial charge in [0.25, 0.3) is 0 Å². The first-order valence-electron chi connectivity index (χ1n) is 8.95. The van der Waals surface area contributed by atoms with Crippen molar-refractivity contribution < 1.29 is 8.42 Å². The highest BCUT2D eigenvalue weighted by molar-refractivity contribution is 7.89. The molecule has 2 N–H and O–H groups in total. The van der Waals surface area contributed by atoms with Crippen molar-refractivity contribution >= 4 is 38.5 Å². The molecule has 1 aromatic heterocycles. The summed E-state index contributed by atoms with van der Waals surface area (Å²) in [6.45, 7) is 2.82. The Morgan fingerprint density at radius 3 is 2.68 bits per heavy atom. The standard InChI is InChI=1S/C21H22ClN3O2S/c1-16(5-6-17-7-9-19(22)10-8-17)24-13-14-25-28(26,27)21-4-2-3-18-15-23-12-11-20(18)21/h2-12,15-16,24-25H,13-14H2,1H3/b6-5+. The summed E-state index contributed by atoms with van der Waals surface area (Å²) in [5.41, 5.74) is 1.06. The Morgan fingerprint density at radius 2 is 1.89 bits per heavy atom. The molecule has 0 aliphatic rings. The first-order valence-corrected chi connectivity index (χ1v) is 10.8. The number of halogens is 1. The molecule has 0 amide bonds. The van der Waals surface area contributed by atoms with Gasteiger partial charge in [-0.15, -0.1) is 0 Å². The fourth-order valence-electron chi connectivity index (χ4n) is 2.79. The predicted molar refractivity (Wildman–Crippen MR) is 115 cm³/mol. The number of rotatable bonds is 8. The number of fused-ring (bicyclic) bond motifs is 1. The molecule has 7 heteroatoms. The third-order valence-electron chi connectivity index (χ3n) is 4.26. The zero-order valence-electron chi connectivity index (χ0n) is 15.5. The zero-order chi connectivity index (χ0) is 20.0. The number of hydrogen-bond donors (Lipinski definition) is 2. The average Bonchev–Trinajstić information content (AvgIpc) is 2.70. The molecule has 28 heavy (non-hydrogen) atoms. The van der Waals surface area contributed by atoms with Gasteiger partial charge in [-0.1, -0.05) is 48.0 Å². The van der Waals surface area contributed by atoms with Crippen LogP contribution in [0.1, 0.15) is 12.5 Å². The van der Waals surface area contributed by atoms with Crippen molar-refractivity contribution in [1.82, 2.24) is 15.0 Å². The molecule has 3 aromatic rings. The largest absolute Gasteiger partial charge is 0.309 e. The lowest BCUT2D eigenvalue weighted by molar-refractivity contribution is 0.571. The molecule has 0 saturated heterocycles. The third-order valence-corrected chi connectivity index (χ3v) is 6.03. The molecule has 5 nitrogen and oxygen atoms in total. The summed E-state index contributed by atoms with van der Waals surface area (Å²) >= 11 is 5.88. The summed E-state index contributed by atoms with van der Waals surface area (Å²) < 4.78 is 27.9. The van der Waals surface area contributed by atoms with E-state index in [-0.39, 0.29) is 10.9 Å². The number of hydrogen-bond acceptors (Lipinski definition) is 4. The van der Waals surface area contributed by atoms with E-state index >= 15 is 0 Å². The number of aromatic nitrogens is 1. The first-order chi connectivity index (χ1) is 13.5. The van der Waals surface area contributed by atoms with Gasteiger partial charge in [0, 0.05) is 47.3 Å².